The van der Waals surface area contributed by atoms with Gasteiger partial charge in [-0.15, -0.1) is 0 Å². The number of ether oxygens (including phenoxy) is 1. The van der Waals surface area contributed by atoms with Crippen LogP contribution in [0.25, 0.3) is 16.0 Å². The third-order valence-corrected chi connectivity index (χ3v) is 8.23. The van der Waals surface area contributed by atoms with Crippen LogP contribution in [0.2, 0.25) is 0 Å². The molecule has 240 valence electrons. The second-order valence-corrected chi connectivity index (χ2v) is 11.4. The number of likely N-dealkylation sites (N-methyl/N-ethyl adjacent to an activating group) is 1. The SMILES string of the molecule is [C-]#[N+]C(C#N)=C(C(C#N)=CC=C1C=C(c2ccccc2)c2ccccc2N1CCOCC[N+](C)(CCO)CCO)c1cccc(C#N)c1. The molecule has 1 heterocycles. The smallest absolute Gasteiger partial charge is 0.270 e. The third-order valence-electron chi connectivity index (χ3n) is 8.23. The molecule has 0 spiro atoms. The van der Waals surface area contributed by atoms with Crippen molar-refractivity contribution in [2.24, 2.45) is 0 Å². The van der Waals surface area contributed by atoms with E-state index in [2.05, 4.69) is 34.0 Å². The van der Waals surface area contributed by atoms with Crippen LogP contribution in [0.3, 0.4) is 0 Å². The van der Waals surface area contributed by atoms with E-state index < -0.39 is 0 Å². The van der Waals surface area contributed by atoms with E-state index >= 15 is 0 Å². The Kier molecular flexibility index (Phi) is 12.6. The Morgan fingerprint density at radius 1 is 0.917 bits per heavy atom. The van der Waals surface area contributed by atoms with Crippen LogP contribution in [0.4, 0.5) is 5.69 Å². The molecule has 0 radical (unpaired) electrons. The number of para-hydroxylation sites is 1. The van der Waals surface area contributed by atoms with Gasteiger partial charge in [-0.1, -0.05) is 60.7 Å². The molecule has 1 aliphatic rings. The lowest BCUT2D eigenvalue weighted by molar-refractivity contribution is -0.910. The summed E-state index contributed by atoms with van der Waals surface area (Å²) in [6.45, 7) is 10.7. The standard InChI is InChI=1S/C39H37N6O3/c1-43-37(29-42)39(32-12-8-9-30(25-32)27-40)33(28-41)15-16-34-26-36(31-10-4-3-5-11-31)35-13-6-7-14-38(35)44(34)17-23-48-24-20-45(2,18-21-46)19-22-47/h3-16,25-26,46-47H,17-24H2,2H3/q+1. The molecule has 0 amide bonds. The largest absolute Gasteiger partial charge is 0.391 e. The van der Waals surface area contributed by atoms with Crippen molar-refractivity contribution in [3.63, 3.8) is 0 Å². The minimum absolute atomic E-state index is 0.0237. The number of aliphatic hydroxyl groups excluding tert-OH is 2. The number of rotatable bonds is 14. The zero-order valence-corrected chi connectivity index (χ0v) is 26.9. The van der Waals surface area contributed by atoms with Crippen molar-refractivity contribution >= 4 is 16.8 Å². The van der Waals surface area contributed by atoms with Crippen molar-refractivity contribution in [1.82, 2.24) is 0 Å². The Morgan fingerprint density at radius 2 is 1.65 bits per heavy atom. The van der Waals surface area contributed by atoms with Gasteiger partial charge in [0.25, 0.3) is 5.70 Å². The van der Waals surface area contributed by atoms with Gasteiger partial charge in [-0.05, 0) is 53.1 Å². The van der Waals surface area contributed by atoms with E-state index in [9.17, 15) is 26.0 Å². The van der Waals surface area contributed by atoms with Gasteiger partial charge in [0.05, 0.1) is 69.4 Å². The molecule has 0 fully saturated rings. The normalized spacial score (nSPS) is 14.1. The molecule has 4 rings (SSSR count). The lowest BCUT2D eigenvalue weighted by Gasteiger charge is -2.34. The van der Waals surface area contributed by atoms with Gasteiger partial charge in [-0.2, -0.15) is 10.5 Å². The highest BCUT2D eigenvalue weighted by Gasteiger charge is 2.24. The first-order chi connectivity index (χ1) is 23.4. The van der Waals surface area contributed by atoms with Crippen LogP contribution in [0.15, 0.2) is 114 Å². The van der Waals surface area contributed by atoms with Crippen molar-refractivity contribution in [1.29, 1.82) is 15.8 Å². The molecule has 0 atom stereocenters. The van der Waals surface area contributed by atoms with Gasteiger partial charge in [-0.25, -0.2) is 10.1 Å². The molecule has 0 bridgehead atoms. The summed E-state index contributed by atoms with van der Waals surface area (Å²) in [6.07, 6.45) is 5.47. The van der Waals surface area contributed by atoms with E-state index in [-0.39, 0.29) is 30.1 Å². The maximum atomic E-state index is 10.3. The molecule has 48 heavy (non-hydrogen) atoms. The summed E-state index contributed by atoms with van der Waals surface area (Å²) in [7, 11) is 1.98. The van der Waals surface area contributed by atoms with Gasteiger partial charge >= 0.3 is 0 Å². The first-order valence-electron chi connectivity index (χ1n) is 15.5. The van der Waals surface area contributed by atoms with Gasteiger partial charge < -0.3 is 24.3 Å². The van der Waals surface area contributed by atoms with E-state index in [1.54, 1.807) is 36.4 Å². The van der Waals surface area contributed by atoms with Crippen LogP contribution < -0.4 is 4.90 Å². The Hall–Kier alpha value is -5.78. The number of fused-ring (bicyclic) bond motifs is 1. The van der Waals surface area contributed by atoms with Gasteiger partial charge in [0.2, 0.25) is 0 Å². The maximum Gasteiger partial charge on any atom is 0.270 e. The molecule has 9 nitrogen and oxygen atoms in total. The molecule has 3 aromatic rings. The van der Waals surface area contributed by atoms with Crippen molar-refractivity contribution in [2.75, 3.05) is 64.6 Å². The Bertz CT molecular complexity index is 1880. The summed E-state index contributed by atoms with van der Waals surface area (Å²) < 4.78 is 6.58. The lowest BCUT2D eigenvalue weighted by Crippen LogP contribution is -2.50. The lowest BCUT2D eigenvalue weighted by atomic mass is 9.91. The monoisotopic (exact) mass is 637 g/mol. The van der Waals surface area contributed by atoms with Crippen molar-refractivity contribution in [3.05, 3.63) is 148 Å². The van der Waals surface area contributed by atoms with Gasteiger partial charge in [0.1, 0.15) is 19.6 Å². The first kappa shape index (κ1) is 35.1. The Labute approximate surface area is 282 Å². The fourth-order valence-electron chi connectivity index (χ4n) is 5.63. The summed E-state index contributed by atoms with van der Waals surface area (Å²) in [6, 6.07) is 30.8. The van der Waals surface area contributed by atoms with E-state index in [0.717, 1.165) is 28.1 Å². The van der Waals surface area contributed by atoms with E-state index in [0.29, 0.717) is 55.0 Å². The molecular weight excluding hydrogens is 600 g/mol. The summed E-state index contributed by atoms with van der Waals surface area (Å²) in [5.74, 6) is 0. The highest BCUT2D eigenvalue weighted by molar-refractivity contribution is 5.92. The highest BCUT2D eigenvalue weighted by Crippen LogP contribution is 2.39. The Balaban J connectivity index is 1.76. The van der Waals surface area contributed by atoms with Crippen LogP contribution in [0.5, 0.6) is 0 Å². The van der Waals surface area contributed by atoms with Crippen molar-refractivity contribution in [3.8, 4) is 18.2 Å². The molecule has 2 N–H and O–H groups in total. The second kappa shape index (κ2) is 17.2. The topological polar surface area (TPSA) is 129 Å². The maximum absolute atomic E-state index is 10.3. The summed E-state index contributed by atoms with van der Waals surface area (Å²) >= 11 is 0. The van der Waals surface area contributed by atoms with Crippen molar-refractivity contribution < 1.29 is 19.4 Å². The zero-order valence-electron chi connectivity index (χ0n) is 26.9. The van der Waals surface area contributed by atoms with E-state index in [4.69, 9.17) is 11.3 Å². The molecule has 3 aromatic carbocycles. The molecular formula is C39H37N6O3+. The van der Waals surface area contributed by atoms with Crippen LogP contribution in [-0.4, -0.2) is 74.4 Å². The van der Waals surface area contributed by atoms with Crippen LogP contribution in [0, 0.1) is 40.6 Å². The molecule has 0 aromatic heterocycles. The van der Waals surface area contributed by atoms with Gasteiger partial charge in [-0.3, -0.25) is 0 Å². The quantitative estimate of drug-likeness (QED) is 0.0791. The number of hydrogen-bond acceptors (Lipinski definition) is 7. The van der Waals surface area contributed by atoms with Crippen LogP contribution in [-0.2, 0) is 4.74 Å². The highest BCUT2D eigenvalue weighted by atomic mass is 16.5. The summed E-state index contributed by atoms with van der Waals surface area (Å²) in [5, 5.41) is 48.6. The predicted molar refractivity (Wildman–Crippen MR) is 185 cm³/mol. The summed E-state index contributed by atoms with van der Waals surface area (Å²) in [5.41, 5.74) is 5.59. The van der Waals surface area contributed by atoms with E-state index in [1.165, 1.54) is 0 Å². The zero-order chi connectivity index (χ0) is 34.4. The summed E-state index contributed by atoms with van der Waals surface area (Å²) in [4.78, 5) is 5.52. The molecule has 0 saturated heterocycles. The minimum Gasteiger partial charge on any atom is -0.391 e. The van der Waals surface area contributed by atoms with Crippen LogP contribution >= 0.6 is 0 Å². The fourth-order valence-corrected chi connectivity index (χ4v) is 5.63. The third kappa shape index (κ3) is 8.52. The number of nitrogens with zero attached hydrogens (tertiary/aromatic N) is 6. The van der Waals surface area contributed by atoms with Crippen LogP contribution in [0.1, 0.15) is 22.3 Å². The number of anilines is 1. The molecule has 0 unspecified atom stereocenters. The number of hydrogen-bond donors (Lipinski definition) is 2. The number of quaternary nitrogens is 1. The molecule has 0 aliphatic carbocycles. The first-order valence-corrected chi connectivity index (χ1v) is 15.5. The van der Waals surface area contributed by atoms with E-state index in [1.807, 2.05) is 61.6 Å². The molecule has 0 saturated carbocycles. The number of aliphatic hydroxyl groups is 2. The van der Waals surface area contributed by atoms with Gasteiger partial charge in [0.15, 0.2) is 0 Å². The predicted octanol–water partition coefficient (Wildman–Crippen LogP) is 5.45. The van der Waals surface area contributed by atoms with Crippen molar-refractivity contribution in [2.45, 2.75) is 0 Å². The average Bonchev–Trinajstić information content (AvgIpc) is 3.12. The molecule has 1 aliphatic heterocycles. The Morgan fingerprint density at radius 3 is 2.31 bits per heavy atom. The van der Waals surface area contributed by atoms with Gasteiger partial charge in [0, 0.05) is 29.1 Å². The minimum atomic E-state index is -0.246. The average molecular weight is 638 g/mol. The number of nitriles is 3. The number of allylic oxidation sites excluding steroid dienone is 6. The molecule has 9 heteroatoms. The number of benzene rings is 3. The second-order valence-electron chi connectivity index (χ2n) is 11.4. The fraction of sp³-hybridized carbons (Fsp3) is 0.231.